The van der Waals surface area contributed by atoms with Crippen LogP contribution >= 0.6 is 0 Å². The summed E-state index contributed by atoms with van der Waals surface area (Å²) in [5.74, 6) is 0. The molecule has 2 saturated heterocycles. The highest BCUT2D eigenvalue weighted by Gasteiger charge is 2.40. The Hall–Kier alpha value is -1.42. The van der Waals surface area contributed by atoms with Crippen LogP contribution in [0.2, 0.25) is 0 Å². The Balaban J connectivity index is 1.97. The van der Waals surface area contributed by atoms with Crippen molar-refractivity contribution < 1.29 is 8.42 Å². The van der Waals surface area contributed by atoms with Crippen molar-refractivity contribution in [2.45, 2.75) is 43.7 Å². The fourth-order valence-corrected chi connectivity index (χ4v) is 5.48. The molecule has 3 rings (SSSR count). The van der Waals surface area contributed by atoms with Crippen molar-refractivity contribution in [3.8, 4) is 6.07 Å². The van der Waals surface area contributed by atoms with Crippen molar-refractivity contribution in [2.75, 3.05) is 19.6 Å². The van der Waals surface area contributed by atoms with Crippen molar-refractivity contribution >= 4 is 10.0 Å². The lowest BCUT2D eigenvalue weighted by molar-refractivity contribution is 0.117. The van der Waals surface area contributed by atoms with E-state index in [9.17, 15) is 8.42 Å². The predicted octanol–water partition coefficient (Wildman–Crippen LogP) is 1.72. The standard InChI is InChI=1S/C16H21N3O2S/c1-12-5-6-14(9-17)8-16(12)22(20,21)19-11-15-4-3-7-18(15)10-13(19)2/h5-6,8,13,15H,3-4,7,10-11H2,1-2H3/t13-,15+/m0/s1. The third kappa shape index (κ3) is 2.54. The number of nitriles is 1. The van der Waals surface area contributed by atoms with E-state index in [0.29, 0.717) is 23.7 Å². The van der Waals surface area contributed by atoms with E-state index in [4.69, 9.17) is 5.26 Å². The number of sulfonamides is 1. The Bertz CT molecular complexity index is 723. The lowest BCUT2D eigenvalue weighted by Crippen LogP contribution is -2.56. The first kappa shape index (κ1) is 15.5. The Labute approximate surface area is 132 Å². The minimum atomic E-state index is -3.56. The SMILES string of the molecule is Cc1ccc(C#N)cc1S(=O)(=O)N1C[C@H]2CCCN2C[C@@H]1C. The summed E-state index contributed by atoms with van der Waals surface area (Å²) in [5.41, 5.74) is 1.08. The number of rotatable bonds is 2. The molecule has 2 atom stereocenters. The second kappa shape index (κ2) is 5.65. The second-order valence-corrected chi connectivity index (χ2v) is 8.17. The van der Waals surface area contributed by atoms with E-state index in [0.717, 1.165) is 25.9 Å². The summed E-state index contributed by atoms with van der Waals surface area (Å²) in [6.07, 6.45) is 2.21. The third-order valence-corrected chi connectivity index (χ3v) is 6.91. The summed E-state index contributed by atoms with van der Waals surface area (Å²) in [6.45, 7) is 6.17. The first-order valence-electron chi connectivity index (χ1n) is 7.70. The maximum absolute atomic E-state index is 13.1. The van der Waals surface area contributed by atoms with E-state index in [2.05, 4.69) is 4.90 Å². The van der Waals surface area contributed by atoms with Gasteiger partial charge in [-0.25, -0.2) is 8.42 Å². The van der Waals surface area contributed by atoms with E-state index in [1.807, 2.05) is 13.0 Å². The summed E-state index contributed by atoms with van der Waals surface area (Å²) >= 11 is 0. The minimum absolute atomic E-state index is 0.0375. The summed E-state index contributed by atoms with van der Waals surface area (Å²) in [7, 11) is -3.56. The van der Waals surface area contributed by atoms with Crippen LogP contribution in [-0.2, 0) is 10.0 Å². The Morgan fingerprint density at radius 2 is 2.09 bits per heavy atom. The van der Waals surface area contributed by atoms with Gasteiger partial charge in [-0.1, -0.05) is 6.07 Å². The largest absolute Gasteiger partial charge is 0.297 e. The number of benzene rings is 1. The maximum Gasteiger partial charge on any atom is 0.243 e. The Morgan fingerprint density at radius 1 is 1.32 bits per heavy atom. The monoisotopic (exact) mass is 319 g/mol. The van der Waals surface area contributed by atoms with Gasteiger partial charge < -0.3 is 0 Å². The van der Waals surface area contributed by atoms with Crippen molar-refractivity contribution in [3.05, 3.63) is 29.3 Å². The molecule has 0 aliphatic carbocycles. The topological polar surface area (TPSA) is 64.4 Å². The van der Waals surface area contributed by atoms with Crippen LogP contribution in [0, 0.1) is 18.3 Å². The fourth-order valence-electron chi connectivity index (χ4n) is 3.57. The number of nitrogens with zero attached hydrogens (tertiary/aromatic N) is 3. The van der Waals surface area contributed by atoms with Crippen LogP contribution in [0.25, 0.3) is 0 Å². The van der Waals surface area contributed by atoms with Crippen LogP contribution in [0.4, 0.5) is 0 Å². The minimum Gasteiger partial charge on any atom is -0.297 e. The van der Waals surface area contributed by atoms with E-state index < -0.39 is 10.0 Å². The first-order valence-corrected chi connectivity index (χ1v) is 9.14. The fraction of sp³-hybridized carbons (Fsp3) is 0.562. The average molecular weight is 319 g/mol. The van der Waals surface area contributed by atoms with Crippen LogP contribution in [0.5, 0.6) is 0 Å². The van der Waals surface area contributed by atoms with E-state index in [-0.39, 0.29) is 10.9 Å². The molecule has 2 aliphatic rings. The molecule has 1 aromatic carbocycles. The number of piperazine rings is 1. The molecule has 0 bridgehead atoms. The van der Waals surface area contributed by atoms with Crippen LogP contribution < -0.4 is 0 Å². The molecule has 6 heteroatoms. The smallest absolute Gasteiger partial charge is 0.243 e. The van der Waals surface area contributed by atoms with E-state index in [1.54, 1.807) is 23.4 Å². The van der Waals surface area contributed by atoms with Gasteiger partial charge in [0.2, 0.25) is 10.0 Å². The van der Waals surface area contributed by atoms with E-state index >= 15 is 0 Å². The number of hydrogen-bond acceptors (Lipinski definition) is 4. The van der Waals surface area contributed by atoms with E-state index in [1.165, 1.54) is 6.07 Å². The molecule has 0 aromatic heterocycles. The predicted molar refractivity (Wildman–Crippen MR) is 83.8 cm³/mol. The van der Waals surface area contributed by atoms with Crippen LogP contribution in [0.1, 0.15) is 30.9 Å². The molecule has 2 aliphatic heterocycles. The summed E-state index contributed by atoms with van der Waals surface area (Å²) in [4.78, 5) is 2.67. The van der Waals surface area contributed by atoms with Crippen LogP contribution in [-0.4, -0.2) is 49.3 Å². The normalized spacial score (nSPS) is 26.6. The molecule has 22 heavy (non-hydrogen) atoms. The highest BCUT2D eigenvalue weighted by Crippen LogP contribution is 2.30. The summed E-state index contributed by atoms with van der Waals surface area (Å²) in [5, 5.41) is 9.04. The van der Waals surface area contributed by atoms with Crippen molar-refractivity contribution in [1.29, 1.82) is 5.26 Å². The highest BCUT2D eigenvalue weighted by molar-refractivity contribution is 7.89. The average Bonchev–Trinajstić information content (AvgIpc) is 2.93. The molecule has 2 fully saturated rings. The zero-order valence-electron chi connectivity index (χ0n) is 13.0. The quantitative estimate of drug-likeness (QED) is 0.832. The zero-order valence-corrected chi connectivity index (χ0v) is 13.8. The molecule has 0 unspecified atom stereocenters. The molecule has 0 spiro atoms. The molecular weight excluding hydrogens is 298 g/mol. The van der Waals surface area contributed by atoms with Gasteiger partial charge in [0.05, 0.1) is 16.5 Å². The van der Waals surface area contributed by atoms with Gasteiger partial charge in [0.15, 0.2) is 0 Å². The number of aryl methyl sites for hydroxylation is 1. The second-order valence-electron chi connectivity index (χ2n) is 6.31. The highest BCUT2D eigenvalue weighted by atomic mass is 32.2. The lowest BCUT2D eigenvalue weighted by Gasteiger charge is -2.41. The first-order chi connectivity index (χ1) is 10.4. The van der Waals surface area contributed by atoms with Gasteiger partial charge >= 0.3 is 0 Å². The van der Waals surface area contributed by atoms with Gasteiger partial charge in [-0.3, -0.25) is 4.90 Å². The van der Waals surface area contributed by atoms with Gasteiger partial charge in [-0.05, 0) is 50.9 Å². The van der Waals surface area contributed by atoms with Gasteiger partial charge in [0.25, 0.3) is 0 Å². The van der Waals surface area contributed by atoms with Crippen molar-refractivity contribution in [1.82, 2.24) is 9.21 Å². The van der Waals surface area contributed by atoms with Crippen molar-refractivity contribution in [2.24, 2.45) is 0 Å². The summed E-state index contributed by atoms with van der Waals surface area (Å²) < 4.78 is 27.8. The Kier molecular flexibility index (Phi) is 3.98. The van der Waals surface area contributed by atoms with Crippen molar-refractivity contribution in [3.63, 3.8) is 0 Å². The lowest BCUT2D eigenvalue weighted by atomic mass is 10.1. The van der Waals surface area contributed by atoms with Gasteiger partial charge in [-0.15, -0.1) is 0 Å². The molecule has 0 radical (unpaired) electrons. The molecule has 0 amide bonds. The molecule has 0 N–H and O–H groups in total. The molecule has 118 valence electrons. The molecule has 1 aromatic rings. The van der Waals surface area contributed by atoms with Gasteiger partial charge in [0, 0.05) is 25.2 Å². The summed E-state index contributed by atoms with van der Waals surface area (Å²) in [6, 6.07) is 7.20. The zero-order chi connectivity index (χ0) is 15.9. The Morgan fingerprint density at radius 3 is 2.82 bits per heavy atom. The number of fused-ring (bicyclic) bond motifs is 1. The third-order valence-electron chi connectivity index (χ3n) is 4.78. The molecular formula is C16H21N3O2S. The molecule has 5 nitrogen and oxygen atoms in total. The molecule has 2 heterocycles. The van der Waals surface area contributed by atoms with Gasteiger partial charge in [-0.2, -0.15) is 9.57 Å². The van der Waals surface area contributed by atoms with Crippen LogP contribution in [0.15, 0.2) is 23.1 Å². The maximum atomic E-state index is 13.1. The van der Waals surface area contributed by atoms with Gasteiger partial charge in [0.1, 0.15) is 0 Å². The van der Waals surface area contributed by atoms with Crippen LogP contribution in [0.3, 0.4) is 0 Å². The molecule has 0 saturated carbocycles. The number of hydrogen-bond donors (Lipinski definition) is 0.